The average molecular weight is 280 g/mol. The molecule has 0 atom stereocenters. The topological polar surface area (TPSA) is 53.4 Å². The molecule has 0 bridgehead atoms. The van der Waals surface area contributed by atoms with Crippen LogP contribution in [0.2, 0.25) is 0 Å². The Labute approximate surface area is 114 Å². The van der Waals surface area contributed by atoms with Gasteiger partial charge in [-0.3, -0.25) is 0 Å². The van der Waals surface area contributed by atoms with E-state index in [4.69, 9.17) is 5.11 Å². The fourth-order valence-electron chi connectivity index (χ4n) is 1.70. The lowest BCUT2D eigenvalue weighted by molar-refractivity contribution is 0.0692. The number of rotatable bonds is 5. The molecule has 0 aromatic carbocycles. The van der Waals surface area contributed by atoms with Crippen LogP contribution in [0.25, 0.3) is 0 Å². The number of halogens is 1. The molecule has 4 nitrogen and oxygen atoms in total. The molecule has 19 heavy (non-hydrogen) atoms. The van der Waals surface area contributed by atoms with Crippen LogP contribution in [-0.2, 0) is 6.42 Å². The highest BCUT2D eigenvalue weighted by atomic mass is 32.1. The van der Waals surface area contributed by atoms with Crippen LogP contribution in [-0.4, -0.2) is 29.7 Å². The number of likely N-dealkylation sites (N-methyl/N-ethyl adjacent to an activating group) is 1. The second-order valence-corrected chi connectivity index (χ2v) is 5.08. The summed E-state index contributed by atoms with van der Waals surface area (Å²) in [5.41, 5.74) is -0.354. The first kappa shape index (κ1) is 13.5. The quantitative estimate of drug-likeness (QED) is 0.915. The number of nitrogens with zero attached hydrogens (tertiary/aromatic N) is 2. The lowest BCUT2D eigenvalue weighted by Gasteiger charge is -2.18. The number of hydrogen-bond donors (Lipinski definition) is 1. The third-order valence-electron chi connectivity index (χ3n) is 2.74. The van der Waals surface area contributed by atoms with Gasteiger partial charge in [0.15, 0.2) is 11.6 Å². The largest absolute Gasteiger partial charge is 0.478 e. The maximum absolute atomic E-state index is 14.0. The van der Waals surface area contributed by atoms with E-state index in [1.54, 1.807) is 23.3 Å². The average Bonchev–Trinajstić information content (AvgIpc) is 2.89. The molecule has 0 radical (unpaired) electrons. The van der Waals surface area contributed by atoms with Crippen molar-refractivity contribution in [2.24, 2.45) is 0 Å². The maximum atomic E-state index is 14.0. The second-order valence-electron chi connectivity index (χ2n) is 4.05. The SMILES string of the molecule is CN(CCc1cccs1)c1nccc(C(=O)O)c1F. The van der Waals surface area contributed by atoms with Crippen LogP contribution in [0.3, 0.4) is 0 Å². The minimum atomic E-state index is -1.28. The first-order valence-electron chi connectivity index (χ1n) is 5.71. The summed E-state index contributed by atoms with van der Waals surface area (Å²) >= 11 is 1.64. The molecule has 100 valence electrons. The van der Waals surface area contributed by atoms with Gasteiger partial charge in [-0.2, -0.15) is 0 Å². The number of pyridine rings is 1. The van der Waals surface area contributed by atoms with E-state index >= 15 is 0 Å². The molecule has 0 amide bonds. The molecule has 0 saturated carbocycles. The van der Waals surface area contributed by atoms with Crippen LogP contribution in [0.1, 0.15) is 15.2 Å². The van der Waals surface area contributed by atoms with Gasteiger partial charge in [-0.05, 0) is 23.9 Å². The molecule has 2 rings (SSSR count). The Kier molecular flexibility index (Phi) is 4.11. The van der Waals surface area contributed by atoms with Crippen molar-refractivity contribution in [2.75, 3.05) is 18.5 Å². The summed E-state index contributed by atoms with van der Waals surface area (Å²) in [4.78, 5) is 17.6. The third kappa shape index (κ3) is 3.08. The zero-order valence-corrected chi connectivity index (χ0v) is 11.2. The second kappa shape index (κ2) is 5.79. The predicted octanol–water partition coefficient (Wildman–Crippen LogP) is 2.66. The lowest BCUT2D eigenvalue weighted by atomic mass is 10.2. The van der Waals surface area contributed by atoms with Crippen molar-refractivity contribution in [1.29, 1.82) is 0 Å². The zero-order valence-electron chi connectivity index (χ0n) is 10.3. The number of carboxylic acid groups (broad SMARTS) is 1. The van der Waals surface area contributed by atoms with E-state index in [1.807, 2.05) is 17.5 Å². The highest BCUT2D eigenvalue weighted by Crippen LogP contribution is 2.19. The fourth-order valence-corrected chi connectivity index (χ4v) is 2.40. The first-order chi connectivity index (χ1) is 9.09. The van der Waals surface area contributed by atoms with Crippen molar-refractivity contribution >= 4 is 23.1 Å². The van der Waals surface area contributed by atoms with Gasteiger partial charge in [-0.25, -0.2) is 14.2 Å². The van der Waals surface area contributed by atoms with E-state index in [1.165, 1.54) is 11.1 Å². The highest BCUT2D eigenvalue weighted by Gasteiger charge is 2.17. The normalized spacial score (nSPS) is 10.4. The monoisotopic (exact) mass is 280 g/mol. The predicted molar refractivity (Wildman–Crippen MR) is 72.4 cm³/mol. The Morgan fingerprint density at radius 3 is 2.95 bits per heavy atom. The summed E-state index contributed by atoms with van der Waals surface area (Å²) in [7, 11) is 1.70. The molecule has 0 unspecified atom stereocenters. The van der Waals surface area contributed by atoms with Crippen LogP contribution in [0.15, 0.2) is 29.8 Å². The number of aromatic carboxylic acids is 1. The number of hydrogen-bond acceptors (Lipinski definition) is 4. The maximum Gasteiger partial charge on any atom is 0.338 e. The summed E-state index contributed by atoms with van der Waals surface area (Å²) < 4.78 is 14.0. The van der Waals surface area contributed by atoms with Crippen LogP contribution in [0, 0.1) is 5.82 Å². The van der Waals surface area contributed by atoms with Gasteiger partial charge in [0.1, 0.15) is 5.56 Å². The first-order valence-corrected chi connectivity index (χ1v) is 6.59. The Hall–Kier alpha value is -1.95. The van der Waals surface area contributed by atoms with Crippen LogP contribution < -0.4 is 4.90 Å². The van der Waals surface area contributed by atoms with Crippen LogP contribution in [0.5, 0.6) is 0 Å². The molecule has 0 aliphatic rings. The number of thiophene rings is 1. The van der Waals surface area contributed by atoms with Gasteiger partial charge in [-0.15, -0.1) is 11.3 Å². The van der Waals surface area contributed by atoms with Crippen molar-refractivity contribution in [3.63, 3.8) is 0 Å². The minimum Gasteiger partial charge on any atom is -0.478 e. The number of carboxylic acids is 1. The van der Waals surface area contributed by atoms with Crippen molar-refractivity contribution in [2.45, 2.75) is 6.42 Å². The summed E-state index contributed by atoms with van der Waals surface area (Å²) in [5, 5.41) is 10.9. The van der Waals surface area contributed by atoms with Gasteiger partial charge in [0.2, 0.25) is 0 Å². The molecule has 2 aromatic rings. The van der Waals surface area contributed by atoms with Gasteiger partial charge in [0, 0.05) is 24.7 Å². The molecular formula is C13H13FN2O2S. The van der Waals surface area contributed by atoms with E-state index in [0.717, 1.165) is 12.5 Å². The summed E-state index contributed by atoms with van der Waals surface area (Å²) in [6.07, 6.45) is 2.08. The molecular weight excluding hydrogens is 267 g/mol. The molecule has 6 heteroatoms. The summed E-state index contributed by atoms with van der Waals surface area (Å²) in [6, 6.07) is 5.13. The van der Waals surface area contributed by atoms with Gasteiger partial charge < -0.3 is 10.0 Å². The number of carbonyl (C=O) groups is 1. The van der Waals surface area contributed by atoms with E-state index in [9.17, 15) is 9.18 Å². The molecule has 0 aliphatic heterocycles. The Morgan fingerprint density at radius 1 is 1.53 bits per heavy atom. The molecule has 2 heterocycles. The van der Waals surface area contributed by atoms with Crippen molar-refractivity contribution in [1.82, 2.24) is 4.98 Å². The molecule has 2 aromatic heterocycles. The van der Waals surface area contributed by atoms with Crippen LogP contribution >= 0.6 is 11.3 Å². The van der Waals surface area contributed by atoms with Crippen molar-refractivity contribution < 1.29 is 14.3 Å². The van der Waals surface area contributed by atoms with Gasteiger partial charge in [0.25, 0.3) is 0 Å². The smallest absolute Gasteiger partial charge is 0.338 e. The fraction of sp³-hybridized carbons (Fsp3) is 0.231. The van der Waals surface area contributed by atoms with Gasteiger partial charge >= 0.3 is 5.97 Å². The molecule has 0 fully saturated rings. The minimum absolute atomic E-state index is 0.0662. The zero-order chi connectivity index (χ0) is 13.8. The molecule has 0 aliphatic carbocycles. The van der Waals surface area contributed by atoms with Gasteiger partial charge in [-0.1, -0.05) is 6.07 Å². The third-order valence-corrected chi connectivity index (χ3v) is 3.67. The molecule has 1 N–H and O–H groups in total. The number of aromatic nitrogens is 1. The Bertz CT molecular complexity index is 572. The summed E-state index contributed by atoms with van der Waals surface area (Å²) in [6.45, 7) is 0.577. The van der Waals surface area contributed by atoms with E-state index < -0.39 is 11.8 Å². The summed E-state index contributed by atoms with van der Waals surface area (Å²) in [5.74, 6) is -2.01. The van der Waals surface area contributed by atoms with Crippen molar-refractivity contribution in [3.8, 4) is 0 Å². The molecule has 0 saturated heterocycles. The van der Waals surface area contributed by atoms with E-state index in [0.29, 0.717) is 6.54 Å². The van der Waals surface area contributed by atoms with E-state index in [2.05, 4.69) is 4.98 Å². The van der Waals surface area contributed by atoms with Crippen molar-refractivity contribution in [3.05, 3.63) is 46.0 Å². The Balaban J connectivity index is 2.12. The van der Waals surface area contributed by atoms with Crippen LogP contribution in [0.4, 0.5) is 10.2 Å². The number of anilines is 1. The van der Waals surface area contributed by atoms with E-state index in [-0.39, 0.29) is 11.4 Å². The molecule has 0 spiro atoms. The Morgan fingerprint density at radius 2 is 2.32 bits per heavy atom. The highest BCUT2D eigenvalue weighted by molar-refractivity contribution is 7.09. The standard InChI is InChI=1S/C13H13FN2O2S/c1-16(7-5-9-3-2-8-19-9)12-11(14)10(13(17)18)4-6-15-12/h2-4,6,8H,5,7H2,1H3,(H,17,18). The lowest BCUT2D eigenvalue weighted by Crippen LogP contribution is -2.23. The van der Waals surface area contributed by atoms with Gasteiger partial charge in [0.05, 0.1) is 0 Å².